The first-order valence-corrected chi connectivity index (χ1v) is 10.8. The van der Waals surface area contributed by atoms with Crippen LogP contribution in [-0.2, 0) is 0 Å². The molecule has 0 radical (unpaired) electrons. The first-order valence-electron chi connectivity index (χ1n) is 10.8. The number of phenols is 1. The molecular weight excluding hydrogens is 428 g/mol. The van der Waals surface area contributed by atoms with Crippen LogP contribution in [0.5, 0.6) is 5.75 Å². The number of phenolic OH excluding ortho intramolecular Hbond substituents is 1. The van der Waals surface area contributed by atoms with Gasteiger partial charge in [0.05, 0.1) is 11.1 Å². The standard InChI is InChI=1S/C24H28N4O3.ClH/c1-3-11-28(24(30)31)15-17-10-12-27(14-17)23-18-9-8-16(2)13-20(18)25-22(26-23)19-6-4-5-7-21(19)29;/h4-9,13,17,29H,3,10-12,14-15H2,1-2H3,(H,30,31);1H/t17-;/m0./s1. The number of aromatic nitrogens is 2. The van der Waals surface area contributed by atoms with Crippen molar-refractivity contribution in [1.29, 1.82) is 0 Å². The highest BCUT2D eigenvalue weighted by atomic mass is 35.5. The molecular formula is C24H29ClN4O3. The Kier molecular flexibility index (Phi) is 7.40. The molecule has 1 aliphatic rings. The Balaban J connectivity index is 0.00000289. The molecule has 1 amide bonds. The minimum absolute atomic E-state index is 0. The SMILES string of the molecule is CCCN(C[C@H]1CCN(c2nc(-c3ccccc3O)nc3cc(C)ccc23)C1)C(=O)O.Cl. The third-order valence-corrected chi connectivity index (χ3v) is 5.81. The second-order valence-electron chi connectivity index (χ2n) is 8.24. The van der Waals surface area contributed by atoms with Gasteiger partial charge in [0.25, 0.3) is 0 Å². The third kappa shape index (κ3) is 4.88. The summed E-state index contributed by atoms with van der Waals surface area (Å²) in [5, 5.41) is 20.8. The molecule has 0 saturated carbocycles. The number of aryl methyl sites for hydroxylation is 1. The lowest BCUT2D eigenvalue weighted by atomic mass is 10.1. The van der Waals surface area contributed by atoms with Gasteiger partial charge in [-0.25, -0.2) is 14.8 Å². The molecule has 7 nitrogen and oxygen atoms in total. The predicted octanol–water partition coefficient (Wildman–Crippen LogP) is 4.95. The van der Waals surface area contributed by atoms with Crippen molar-refractivity contribution in [3.63, 3.8) is 0 Å². The van der Waals surface area contributed by atoms with E-state index in [1.54, 1.807) is 12.1 Å². The number of carbonyl (C=O) groups is 1. The Labute approximate surface area is 194 Å². The van der Waals surface area contributed by atoms with E-state index in [-0.39, 0.29) is 24.1 Å². The first-order chi connectivity index (χ1) is 15.0. The molecule has 1 aromatic heterocycles. The van der Waals surface area contributed by atoms with Crippen LogP contribution in [0.4, 0.5) is 10.6 Å². The van der Waals surface area contributed by atoms with Crippen molar-refractivity contribution in [3.05, 3.63) is 48.0 Å². The van der Waals surface area contributed by atoms with Gasteiger partial charge in [0.1, 0.15) is 11.6 Å². The van der Waals surface area contributed by atoms with E-state index in [9.17, 15) is 15.0 Å². The second kappa shape index (κ2) is 10.0. The molecule has 0 unspecified atom stereocenters. The van der Waals surface area contributed by atoms with Crippen molar-refractivity contribution in [1.82, 2.24) is 14.9 Å². The number of carboxylic acid groups (broad SMARTS) is 1. The summed E-state index contributed by atoms with van der Waals surface area (Å²) in [4.78, 5) is 24.9. The molecule has 1 atom stereocenters. The van der Waals surface area contributed by atoms with Gasteiger partial charge in [0.15, 0.2) is 5.82 Å². The van der Waals surface area contributed by atoms with Gasteiger partial charge in [-0.3, -0.25) is 0 Å². The lowest BCUT2D eigenvalue weighted by Crippen LogP contribution is -2.36. The van der Waals surface area contributed by atoms with Crippen LogP contribution in [0.1, 0.15) is 25.3 Å². The number of halogens is 1. The summed E-state index contributed by atoms with van der Waals surface area (Å²) in [5.41, 5.74) is 2.55. The van der Waals surface area contributed by atoms with Crippen LogP contribution in [0.3, 0.4) is 0 Å². The fraction of sp³-hybridized carbons (Fsp3) is 0.375. The quantitative estimate of drug-likeness (QED) is 0.545. The average Bonchev–Trinajstić information content (AvgIpc) is 3.21. The minimum Gasteiger partial charge on any atom is -0.507 e. The van der Waals surface area contributed by atoms with Crippen LogP contribution in [-0.4, -0.2) is 57.4 Å². The second-order valence-corrected chi connectivity index (χ2v) is 8.24. The van der Waals surface area contributed by atoms with Crippen LogP contribution in [0, 0.1) is 12.8 Å². The number of para-hydroxylation sites is 1. The Bertz CT molecular complexity index is 1110. The smallest absolute Gasteiger partial charge is 0.407 e. The van der Waals surface area contributed by atoms with E-state index >= 15 is 0 Å². The molecule has 3 aromatic rings. The summed E-state index contributed by atoms with van der Waals surface area (Å²) in [6, 6.07) is 13.2. The van der Waals surface area contributed by atoms with Gasteiger partial charge in [-0.15, -0.1) is 12.4 Å². The van der Waals surface area contributed by atoms with E-state index in [1.807, 2.05) is 38.1 Å². The van der Waals surface area contributed by atoms with E-state index in [1.165, 1.54) is 4.90 Å². The van der Waals surface area contributed by atoms with Crippen LogP contribution in [0.25, 0.3) is 22.3 Å². The maximum Gasteiger partial charge on any atom is 0.407 e. The summed E-state index contributed by atoms with van der Waals surface area (Å²) in [5.74, 6) is 1.74. The monoisotopic (exact) mass is 456 g/mol. The Morgan fingerprint density at radius 1 is 1.22 bits per heavy atom. The van der Waals surface area contributed by atoms with Crippen LogP contribution < -0.4 is 4.90 Å². The Hall–Kier alpha value is -3.06. The number of benzene rings is 2. The number of hydrogen-bond donors (Lipinski definition) is 2. The van der Waals surface area contributed by atoms with Gasteiger partial charge in [-0.1, -0.05) is 25.1 Å². The molecule has 2 N–H and O–H groups in total. The minimum atomic E-state index is -0.856. The molecule has 1 aliphatic heterocycles. The number of nitrogens with zero attached hydrogens (tertiary/aromatic N) is 4. The fourth-order valence-electron chi connectivity index (χ4n) is 4.27. The normalized spacial score (nSPS) is 15.6. The van der Waals surface area contributed by atoms with Crippen molar-refractivity contribution in [2.24, 2.45) is 5.92 Å². The summed E-state index contributed by atoms with van der Waals surface area (Å²) in [6.45, 7) is 6.67. The van der Waals surface area contributed by atoms with E-state index in [2.05, 4.69) is 11.0 Å². The third-order valence-electron chi connectivity index (χ3n) is 5.81. The van der Waals surface area contributed by atoms with Crippen LogP contribution in [0.2, 0.25) is 0 Å². The lowest BCUT2D eigenvalue weighted by molar-refractivity contribution is 0.138. The summed E-state index contributed by atoms with van der Waals surface area (Å²) in [7, 11) is 0. The first kappa shape index (κ1) is 23.6. The van der Waals surface area contributed by atoms with Gasteiger partial charge in [-0.2, -0.15) is 0 Å². The van der Waals surface area contributed by atoms with Gasteiger partial charge >= 0.3 is 6.09 Å². The van der Waals surface area contributed by atoms with E-state index in [0.29, 0.717) is 24.5 Å². The van der Waals surface area contributed by atoms with Crippen LogP contribution >= 0.6 is 12.4 Å². The fourth-order valence-corrected chi connectivity index (χ4v) is 4.27. The van der Waals surface area contributed by atoms with E-state index in [4.69, 9.17) is 9.97 Å². The molecule has 4 rings (SSSR count). The summed E-state index contributed by atoms with van der Waals surface area (Å²) < 4.78 is 0. The van der Waals surface area contributed by atoms with Gasteiger partial charge in [0, 0.05) is 31.6 Å². The highest BCUT2D eigenvalue weighted by Crippen LogP contribution is 2.34. The molecule has 32 heavy (non-hydrogen) atoms. The Morgan fingerprint density at radius 3 is 2.72 bits per heavy atom. The molecule has 0 aliphatic carbocycles. The van der Waals surface area contributed by atoms with Gasteiger partial charge < -0.3 is 20.0 Å². The van der Waals surface area contributed by atoms with Gasteiger partial charge in [-0.05, 0) is 55.5 Å². The maximum absolute atomic E-state index is 11.5. The van der Waals surface area contributed by atoms with Crippen molar-refractivity contribution in [2.75, 3.05) is 31.1 Å². The van der Waals surface area contributed by atoms with Crippen molar-refractivity contribution in [3.8, 4) is 17.1 Å². The number of anilines is 1. The van der Waals surface area contributed by atoms with Crippen molar-refractivity contribution >= 4 is 35.2 Å². The highest BCUT2D eigenvalue weighted by Gasteiger charge is 2.28. The zero-order valence-electron chi connectivity index (χ0n) is 18.4. The lowest BCUT2D eigenvalue weighted by Gasteiger charge is -2.24. The number of aromatic hydroxyl groups is 1. The maximum atomic E-state index is 11.5. The van der Waals surface area contributed by atoms with Crippen molar-refractivity contribution < 1.29 is 15.0 Å². The largest absolute Gasteiger partial charge is 0.507 e. The zero-order valence-corrected chi connectivity index (χ0v) is 19.2. The van der Waals surface area contributed by atoms with E-state index < -0.39 is 6.09 Å². The molecule has 8 heteroatoms. The molecule has 1 saturated heterocycles. The summed E-state index contributed by atoms with van der Waals surface area (Å²) >= 11 is 0. The molecule has 0 bridgehead atoms. The molecule has 0 spiro atoms. The average molecular weight is 457 g/mol. The number of fused-ring (bicyclic) bond motifs is 1. The van der Waals surface area contributed by atoms with Crippen molar-refractivity contribution in [2.45, 2.75) is 26.7 Å². The molecule has 1 fully saturated rings. The zero-order chi connectivity index (χ0) is 22.0. The van der Waals surface area contributed by atoms with Gasteiger partial charge in [0.2, 0.25) is 0 Å². The molecule has 170 valence electrons. The molecule has 2 aromatic carbocycles. The number of amides is 1. The number of rotatable bonds is 6. The van der Waals surface area contributed by atoms with E-state index in [0.717, 1.165) is 48.2 Å². The Morgan fingerprint density at radius 2 is 2.00 bits per heavy atom. The highest BCUT2D eigenvalue weighted by molar-refractivity contribution is 5.92. The predicted molar refractivity (Wildman–Crippen MR) is 129 cm³/mol. The molecule has 2 heterocycles. The summed E-state index contributed by atoms with van der Waals surface area (Å²) in [6.07, 6.45) is 0.865. The topological polar surface area (TPSA) is 89.8 Å². The van der Waals surface area contributed by atoms with Crippen LogP contribution in [0.15, 0.2) is 42.5 Å². The number of hydrogen-bond acceptors (Lipinski definition) is 5.